The van der Waals surface area contributed by atoms with Gasteiger partial charge in [-0.05, 0) is 56.5 Å². The third-order valence-corrected chi connectivity index (χ3v) is 5.33. The molecular weight excluding hydrogens is 288 g/mol. The van der Waals surface area contributed by atoms with Gasteiger partial charge >= 0.3 is 0 Å². The molecule has 3 N–H and O–H groups in total. The van der Waals surface area contributed by atoms with Crippen LogP contribution >= 0.6 is 0 Å². The van der Waals surface area contributed by atoms with E-state index in [1.165, 1.54) is 0 Å². The lowest BCUT2D eigenvalue weighted by Gasteiger charge is -2.20. The molecule has 2 rings (SSSR count). The number of hydrogen-bond acceptors (Lipinski definition) is 4. The highest BCUT2D eigenvalue weighted by molar-refractivity contribution is 7.89. The highest BCUT2D eigenvalue weighted by Crippen LogP contribution is 2.29. The van der Waals surface area contributed by atoms with Crippen LogP contribution in [0.15, 0.2) is 29.2 Å². The molecule has 1 aliphatic rings. The van der Waals surface area contributed by atoms with E-state index in [4.69, 9.17) is 10.5 Å². The summed E-state index contributed by atoms with van der Waals surface area (Å²) in [5.41, 5.74) is 5.74. The molecule has 21 heavy (non-hydrogen) atoms. The summed E-state index contributed by atoms with van der Waals surface area (Å²) in [7, 11) is -3.41. The van der Waals surface area contributed by atoms with E-state index < -0.39 is 10.0 Å². The summed E-state index contributed by atoms with van der Waals surface area (Å²) in [6.45, 7) is 3.01. The summed E-state index contributed by atoms with van der Waals surface area (Å²) < 4.78 is 32.4. The van der Waals surface area contributed by atoms with Gasteiger partial charge < -0.3 is 10.5 Å². The molecular formula is C15H24N2O3S. The lowest BCUT2D eigenvalue weighted by molar-refractivity contribution is 0.162. The molecule has 1 aliphatic carbocycles. The lowest BCUT2D eigenvalue weighted by atomic mass is 10.1. The van der Waals surface area contributed by atoms with Gasteiger partial charge in [0, 0.05) is 12.5 Å². The van der Waals surface area contributed by atoms with Crippen molar-refractivity contribution < 1.29 is 13.2 Å². The van der Waals surface area contributed by atoms with Gasteiger partial charge in [0.2, 0.25) is 10.0 Å². The number of benzene rings is 1. The quantitative estimate of drug-likeness (QED) is 0.805. The number of nitrogens with two attached hydrogens (primary N) is 1. The monoisotopic (exact) mass is 312 g/mol. The third-order valence-electron chi connectivity index (χ3n) is 3.86. The van der Waals surface area contributed by atoms with Crippen LogP contribution in [0.25, 0.3) is 0 Å². The van der Waals surface area contributed by atoms with Crippen molar-refractivity contribution in [3.63, 3.8) is 0 Å². The average molecular weight is 312 g/mol. The topological polar surface area (TPSA) is 81.4 Å². The van der Waals surface area contributed by atoms with Crippen LogP contribution in [0, 0.1) is 5.92 Å². The maximum atomic E-state index is 12.0. The van der Waals surface area contributed by atoms with Crippen LogP contribution in [-0.2, 0) is 10.0 Å². The minimum Gasteiger partial charge on any atom is -0.490 e. The van der Waals surface area contributed by atoms with Gasteiger partial charge in [-0.1, -0.05) is 6.92 Å². The summed E-state index contributed by atoms with van der Waals surface area (Å²) in [4.78, 5) is 0.269. The standard InChI is InChI=1S/C15H24N2O3S/c1-2-10-17-21(18,19)14-8-6-13(7-9-14)20-15-5-3-4-12(15)11-16/h6-9,12,15,17H,2-5,10-11,16H2,1H3. The zero-order valence-electron chi connectivity index (χ0n) is 12.4. The second-order valence-corrected chi connectivity index (χ2v) is 7.22. The minimum atomic E-state index is -3.41. The molecule has 6 heteroatoms. The van der Waals surface area contributed by atoms with Gasteiger partial charge in [-0.2, -0.15) is 0 Å². The molecule has 1 fully saturated rings. The smallest absolute Gasteiger partial charge is 0.240 e. The first kappa shape index (κ1) is 16.3. The van der Waals surface area contributed by atoms with E-state index in [-0.39, 0.29) is 11.0 Å². The second kappa shape index (κ2) is 7.24. The molecule has 1 saturated carbocycles. The first-order valence-electron chi connectivity index (χ1n) is 7.53. The van der Waals surface area contributed by atoms with Gasteiger partial charge in [0.1, 0.15) is 11.9 Å². The molecule has 1 aromatic carbocycles. The Bertz CT molecular complexity index is 543. The lowest BCUT2D eigenvalue weighted by Crippen LogP contribution is -2.27. The zero-order chi connectivity index (χ0) is 15.3. The first-order chi connectivity index (χ1) is 10.1. The molecule has 118 valence electrons. The fourth-order valence-electron chi connectivity index (χ4n) is 2.62. The fourth-order valence-corrected chi connectivity index (χ4v) is 3.75. The van der Waals surface area contributed by atoms with Crippen molar-refractivity contribution in [3.05, 3.63) is 24.3 Å². The zero-order valence-corrected chi connectivity index (χ0v) is 13.2. The Balaban J connectivity index is 2.02. The Morgan fingerprint density at radius 1 is 1.29 bits per heavy atom. The van der Waals surface area contributed by atoms with Crippen molar-refractivity contribution in [2.45, 2.75) is 43.6 Å². The van der Waals surface area contributed by atoms with Crippen molar-refractivity contribution in [3.8, 4) is 5.75 Å². The summed E-state index contributed by atoms with van der Waals surface area (Å²) >= 11 is 0. The Morgan fingerprint density at radius 3 is 2.62 bits per heavy atom. The summed E-state index contributed by atoms with van der Waals surface area (Å²) in [5, 5.41) is 0. The molecule has 0 spiro atoms. The van der Waals surface area contributed by atoms with Crippen molar-refractivity contribution in [1.29, 1.82) is 0 Å². The molecule has 1 aromatic rings. The van der Waals surface area contributed by atoms with E-state index in [0.717, 1.165) is 25.7 Å². The van der Waals surface area contributed by atoms with Gasteiger partial charge in [-0.15, -0.1) is 0 Å². The molecule has 0 heterocycles. The van der Waals surface area contributed by atoms with E-state index in [1.54, 1.807) is 24.3 Å². The summed E-state index contributed by atoms with van der Waals surface area (Å²) in [6.07, 6.45) is 4.17. The Labute approximate surface area is 126 Å². The van der Waals surface area contributed by atoms with Crippen LogP contribution in [0.5, 0.6) is 5.75 Å². The highest BCUT2D eigenvalue weighted by atomic mass is 32.2. The van der Waals surface area contributed by atoms with Gasteiger partial charge in [0.25, 0.3) is 0 Å². The maximum Gasteiger partial charge on any atom is 0.240 e. The largest absolute Gasteiger partial charge is 0.490 e. The number of hydrogen-bond donors (Lipinski definition) is 2. The second-order valence-electron chi connectivity index (χ2n) is 5.45. The fraction of sp³-hybridized carbons (Fsp3) is 0.600. The normalized spacial score (nSPS) is 22.4. The van der Waals surface area contributed by atoms with Gasteiger partial charge in [0.05, 0.1) is 4.90 Å². The van der Waals surface area contributed by atoms with Crippen molar-refractivity contribution in [2.24, 2.45) is 11.7 Å². The molecule has 5 nitrogen and oxygen atoms in total. The van der Waals surface area contributed by atoms with Crippen LogP contribution in [-0.4, -0.2) is 27.6 Å². The van der Waals surface area contributed by atoms with E-state index in [2.05, 4.69) is 4.72 Å². The average Bonchev–Trinajstić information content (AvgIpc) is 2.93. The Hall–Kier alpha value is -1.11. The molecule has 0 amide bonds. The first-order valence-corrected chi connectivity index (χ1v) is 9.01. The number of nitrogens with one attached hydrogen (secondary N) is 1. The van der Waals surface area contributed by atoms with E-state index in [1.807, 2.05) is 6.92 Å². The van der Waals surface area contributed by atoms with Gasteiger partial charge in [-0.3, -0.25) is 0 Å². The molecule has 0 bridgehead atoms. The van der Waals surface area contributed by atoms with Crippen molar-refractivity contribution >= 4 is 10.0 Å². The van der Waals surface area contributed by atoms with Gasteiger partial charge in [-0.25, -0.2) is 13.1 Å². The molecule has 0 radical (unpaired) electrons. The molecule has 2 atom stereocenters. The van der Waals surface area contributed by atoms with Crippen molar-refractivity contribution in [1.82, 2.24) is 4.72 Å². The predicted molar refractivity (Wildman–Crippen MR) is 82.7 cm³/mol. The predicted octanol–water partition coefficient (Wildman–Crippen LogP) is 1.88. The Morgan fingerprint density at radius 2 is 2.00 bits per heavy atom. The summed E-state index contributed by atoms with van der Waals surface area (Å²) in [5.74, 6) is 1.11. The number of rotatable bonds is 7. The summed E-state index contributed by atoms with van der Waals surface area (Å²) in [6, 6.07) is 6.60. The highest BCUT2D eigenvalue weighted by Gasteiger charge is 2.27. The van der Waals surface area contributed by atoms with E-state index in [9.17, 15) is 8.42 Å². The van der Waals surface area contributed by atoms with Crippen LogP contribution in [0.4, 0.5) is 0 Å². The molecule has 0 aromatic heterocycles. The van der Waals surface area contributed by atoms with Crippen LogP contribution in [0.3, 0.4) is 0 Å². The maximum absolute atomic E-state index is 12.0. The van der Waals surface area contributed by atoms with Crippen LogP contribution < -0.4 is 15.2 Å². The van der Waals surface area contributed by atoms with Crippen LogP contribution in [0.2, 0.25) is 0 Å². The Kier molecular flexibility index (Phi) is 5.61. The molecule has 2 unspecified atom stereocenters. The number of ether oxygens (including phenoxy) is 1. The van der Waals surface area contributed by atoms with Crippen LogP contribution in [0.1, 0.15) is 32.6 Å². The molecule has 0 saturated heterocycles. The van der Waals surface area contributed by atoms with Crippen molar-refractivity contribution in [2.75, 3.05) is 13.1 Å². The number of sulfonamides is 1. The minimum absolute atomic E-state index is 0.149. The van der Waals surface area contributed by atoms with E-state index >= 15 is 0 Å². The third kappa shape index (κ3) is 4.18. The SMILES string of the molecule is CCCNS(=O)(=O)c1ccc(OC2CCCC2CN)cc1. The van der Waals surface area contributed by atoms with Gasteiger partial charge in [0.15, 0.2) is 0 Å². The molecule has 0 aliphatic heterocycles. The van der Waals surface area contributed by atoms with E-state index in [0.29, 0.717) is 24.8 Å².